The van der Waals surface area contributed by atoms with Crippen molar-refractivity contribution >= 4 is 33.1 Å². The van der Waals surface area contributed by atoms with Gasteiger partial charge >= 0.3 is 5.97 Å². The topological polar surface area (TPSA) is 69.4 Å². The van der Waals surface area contributed by atoms with Crippen LogP contribution in [0.25, 0.3) is 10.1 Å². The highest BCUT2D eigenvalue weighted by Crippen LogP contribution is 2.37. The second-order valence-corrected chi connectivity index (χ2v) is 4.71. The molecule has 0 aliphatic carbocycles. The molecule has 0 aliphatic heterocycles. The van der Waals surface area contributed by atoms with Gasteiger partial charge in [-0.25, -0.2) is 4.79 Å². The van der Waals surface area contributed by atoms with Gasteiger partial charge < -0.3 is 4.74 Å². The smallest absolute Gasteiger partial charge is 0.348 e. The third-order valence-corrected chi connectivity index (χ3v) is 3.91. The summed E-state index contributed by atoms with van der Waals surface area (Å²) in [5.41, 5.74) is 0.758. The fourth-order valence-corrected chi connectivity index (χ4v) is 2.95. The van der Waals surface area contributed by atoms with E-state index < -0.39 is 10.9 Å². The zero-order valence-electron chi connectivity index (χ0n) is 9.93. The lowest BCUT2D eigenvalue weighted by molar-refractivity contribution is -0.382. The maximum Gasteiger partial charge on any atom is 0.348 e. The molecule has 0 bridgehead atoms. The Labute approximate surface area is 107 Å². The molecule has 0 aliphatic rings. The number of carbonyl (C=O) groups is 1. The maximum atomic E-state index is 11.7. The van der Waals surface area contributed by atoms with Gasteiger partial charge in [-0.1, -0.05) is 12.1 Å². The summed E-state index contributed by atoms with van der Waals surface area (Å²) in [5.74, 6) is -0.425. The molecule has 0 amide bonds. The number of nitro benzene ring substituents is 1. The molecule has 2 rings (SSSR count). The van der Waals surface area contributed by atoms with Gasteiger partial charge in [0.25, 0.3) is 5.69 Å². The van der Waals surface area contributed by atoms with Crippen LogP contribution in [0.2, 0.25) is 0 Å². The average Bonchev–Trinajstić information content (AvgIpc) is 2.67. The molecule has 0 atom stereocenters. The summed E-state index contributed by atoms with van der Waals surface area (Å²) < 4.78 is 5.46. The highest BCUT2D eigenvalue weighted by atomic mass is 32.1. The normalized spacial score (nSPS) is 10.6. The molecule has 0 saturated carbocycles. The van der Waals surface area contributed by atoms with Crippen LogP contribution in [0, 0.1) is 17.0 Å². The molecule has 6 heteroatoms. The Morgan fingerprint density at radius 2 is 2.22 bits per heavy atom. The van der Waals surface area contributed by atoms with Crippen LogP contribution in [-0.2, 0) is 4.74 Å². The van der Waals surface area contributed by atoms with Gasteiger partial charge in [-0.15, -0.1) is 11.3 Å². The number of fused-ring (bicyclic) bond motifs is 1. The lowest BCUT2D eigenvalue weighted by Crippen LogP contribution is -2.03. The SMILES string of the molecule is CCOC(=O)c1sc2c([N+](=O)[O-])cccc2c1C. The highest BCUT2D eigenvalue weighted by Gasteiger charge is 2.21. The van der Waals surface area contributed by atoms with Crippen molar-refractivity contribution in [3.63, 3.8) is 0 Å². The molecule has 1 heterocycles. The van der Waals surface area contributed by atoms with Crippen LogP contribution in [0.1, 0.15) is 22.2 Å². The Hall–Kier alpha value is -1.95. The van der Waals surface area contributed by atoms with Gasteiger partial charge in [0.1, 0.15) is 9.58 Å². The monoisotopic (exact) mass is 265 g/mol. The van der Waals surface area contributed by atoms with E-state index in [2.05, 4.69) is 0 Å². The Morgan fingerprint density at radius 1 is 1.50 bits per heavy atom. The maximum absolute atomic E-state index is 11.7. The molecule has 0 spiro atoms. The van der Waals surface area contributed by atoms with Crippen LogP contribution < -0.4 is 0 Å². The summed E-state index contributed by atoms with van der Waals surface area (Å²) in [4.78, 5) is 22.7. The van der Waals surface area contributed by atoms with Crippen LogP contribution in [0.5, 0.6) is 0 Å². The van der Waals surface area contributed by atoms with Crippen molar-refractivity contribution in [3.8, 4) is 0 Å². The van der Waals surface area contributed by atoms with E-state index in [-0.39, 0.29) is 12.3 Å². The number of benzene rings is 1. The number of esters is 1. The van der Waals surface area contributed by atoms with Crippen LogP contribution in [0.4, 0.5) is 5.69 Å². The summed E-state index contributed by atoms with van der Waals surface area (Å²) in [5, 5.41) is 11.7. The molecule has 18 heavy (non-hydrogen) atoms. The van der Waals surface area contributed by atoms with Gasteiger partial charge in [0.15, 0.2) is 0 Å². The first kappa shape index (κ1) is 12.5. The molecule has 2 aromatic rings. The summed E-state index contributed by atoms with van der Waals surface area (Å²) >= 11 is 1.11. The second kappa shape index (κ2) is 4.73. The minimum Gasteiger partial charge on any atom is -0.462 e. The van der Waals surface area contributed by atoms with Crippen molar-refractivity contribution < 1.29 is 14.5 Å². The zero-order chi connectivity index (χ0) is 13.3. The van der Waals surface area contributed by atoms with E-state index in [1.165, 1.54) is 6.07 Å². The molecule has 0 fully saturated rings. The number of aryl methyl sites for hydroxylation is 1. The second-order valence-electron chi connectivity index (χ2n) is 3.69. The Kier molecular flexibility index (Phi) is 3.29. The first-order valence-corrected chi connectivity index (χ1v) is 6.21. The number of carbonyl (C=O) groups excluding carboxylic acids is 1. The van der Waals surface area contributed by atoms with E-state index in [4.69, 9.17) is 4.74 Å². The van der Waals surface area contributed by atoms with E-state index in [1.807, 2.05) is 0 Å². The standard InChI is InChI=1S/C12H11NO4S/c1-3-17-12(14)10-7(2)8-5-4-6-9(13(15)16)11(8)18-10/h4-6H,3H2,1-2H3. The minimum absolute atomic E-state index is 0.0242. The first-order chi connectivity index (χ1) is 8.56. The van der Waals surface area contributed by atoms with E-state index in [9.17, 15) is 14.9 Å². The summed E-state index contributed by atoms with van der Waals surface area (Å²) in [6.07, 6.45) is 0. The molecule has 0 N–H and O–H groups in total. The highest BCUT2D eigenvalue weighted by molar-refractivity contribution is 7.21. The number of nitro groups is 1. The number of thiophene rings is 1. The molecule has 1 aromatic heterocycles. The number of ether oxygens (including phenoxy) is 1. The van der Waals surface area contributed by atoms with Crippen LogP contribution >= 0.6 is 11.3 Å². The largest absolute Gasteiger partial charge is 0.462 e. The van der Waals surface area contributed by atoms with Crippen molar-refractivity contribution in [1.29, 1.82) is 0 Å². The number of hydrogen-bond acceptors (Lipinski definition) is 5. The Balaban J connectivity index is 2.66. The van der Waals surface area contributed by atoms with Crippen molar-refractivity contribution in [2.24, 2.45) is 0 Å². The van der Waals surface area contributed by atoms with Crippen molar-refractivity contribution in [2.75, 3.05) is 6.61 Å². The van der Waals surface area contributed by atoms with Gasteiger partial charge in [0.05, 0.1) is 11.5 Å². The van der Waals surface area contributed by atoms with Gasteiger partial charge in [0, 0.05) is 11.5 Å². The van der Waals surface area contributed by atoms with Gasteiger partial charge in [-0.05, 0) is 19.4 Å². The van der Waals surface area contributed by atoms with Crippen LogP contribution in [0.3, 0.4) is 0 Å². The van der Waals surface area contributed by atoms with Crippen LogP contribution in [-0.4, -0.2) is 17.5 Å². The molecular formula is C12H11NO4S. The van der Waals surface area contributed by atoms with Gasteiger partial charge in [-0.3, -0.25) is 10.1 Å². The average molecular weight is 265 g/mol. The third kappa shape index (κ3) is 1.95. The fraction of sp³-hybridized carbons (Fsp3) is 0.250. The van der Waals surface area contributed by atoms with E-state index in [0.717, 1.165) is 22.3 Å². The first-order valence-electron chi connectivity index (χ1n) is 5.40. The van der Waals surface area contributed by atoms with Crippen molar-refractivity contribution in [1.82, 2.24) is 0 Å². The molecule has 94 valence electrons. The molecule has 1 aromatic carbocycles. The predicted molar refractivity (Wildman–Crippen MR) is 69.2 cm³/mol. The van der Waals surface area contributed by atoms with Crippen LogP contribution in [0.15, 0.2) is 18.2 Å². The van der Waals surface area contributed by atoms with Gasteiger partial charge in [0.2, 0.25) is 0 Å². The van der Waals surface area contributed by atoms with Gasteiger partial charge in [-0.2, -0.15) is 0 Å². The minimum atomic E-state index is -0.437. The molecule has 5 nitrogen and oxygen atoms in total. The fourth-order valence-electron chi connectivity index (χ4n) is 1.76. The number of non-ortho nitro benzene ring substituents is 1. The lowest BCUT2D eigenvalue weighted by atomic mass is 10.1. The Morgan fingerprint density at radius 3 is 2.83 bits per heavy atom. The molecule has 0 saturated heterocycles. The van der Waals surface area contributed by atoms with Crippen molar-refractivity contribution in [3.05, 3.63) is 38.8 Å². The van der Waals surface area contributed by atoms with E-state index in [1.54, 1.807) is 26.0 Å². The van der Waals surface area contributed by atoms with E-state index in [0.29, 0.717) is 9.58 Å². The summed E-state index contributed by atoms with van der Waals surface area (Å²) in [6, 6.07) is 4.83. The van der Waals surface area contributed by atoms with Crippen molar-refractivity contribution in [2.45, 2.75) is 13.8 Å². The predicted octanol–water partition coefficient (Wildman–Crippen LogP) is 3.29. The molecule has 0 radical (unpaired) electrons. The van der Waals surface area contributed by atoms with E-state index >= 15 is 0 Å². The summed E-state index contributed by atoms with van der Waals surface area (Å²) in [6.45, 7) is 3.78. The number of hydrogen-bond donors (Lipinski definition) is 0. The molecular weight excluding hydrogens is 254 g/mol. The third-order valence-electron chi connectivity index (χ3n) is 2.60. The number of nitrogens with zero attached hydrogens (tertiary/aromatic N) is 1. The molecule has 0 unspecified atom stereocenters. The summed E-state index contributed by atoms with van der Waals surface area (Å²) in [7, 11) is 0. The lowest BCUT2D eigenvalue weighted by Gasteiger charge is -1.98. The number of rotatable bonds is 3. The Bertz CT molecular complexity index is 632. The zero-order valence-corrected chi connectivity index (χ0v) is 10.7. The quantitative estimate of drug-likeness (QED) is 0.485.